The zero-order chi connectivity index (χ0) is 23.0. The Labute approximate surface area is 198 Å². The second kappa shape index (κ2) is 11.8. The summed E-state index contributed by atoms with van der Waals surface area (Å²) < 4.78 is 6.04. The van der Waals surface area contributed by atoms with Crippen molar-refractivity contribution >= 4 is 11.8 Å². The van der Waals surface area contributed by atoms with Gasteiger partial charge >= 0.3 is 0 Å². The first kappa shape index (κ1) is 24.0. The van der Waals surface area contributed by atoms with Crippen molar-refractivity contribution in [2.45, 2.75) is 57.5 Å². The first-order chi connectivity index (χ1) is 16.0. The summed E-state index contributed by atoms with van der Waals surface area (Å²) in [4.78, 5) is 30.6. The van der Waals surface area contributed by atoms with Gasteiger partial charge in [0.15, 0.2) is 0 Å². The molecule has 2 saturated heterocycles. The normalized spacial score (nSPS) is 22.2. The van der Waals surface area contributed by atoms with E-state index in [1.807, 2.05) is 12.1 Å². The minimum Gasteiger partial charge on any atom is -0.492 e. The van der Waals surface area contributed by atoms with Gasteiger partial charge in [-0.3, -0.25) is 14.5 Å². The Morgan fingerprint density at radius 1 is 1.15 bits per heavy atom. The minimum absolute atomic E-state index is 0.167. The van der Waals surface area contributed by atoms with Crippen LogP contribution >= 0.6 is 0 Å². The molecule has 2 aliphatic heterocycles. The topological polar surface area (TPSA) is 65.1 Å². The van der Waals surface area contributed by atoms with E-state index in [0.29, 0.717) is 24.9 Å². The standard InChI is InChI=1S/C26H40N4O3/c1-28(20-23-9-10-25(31)27-23)19-22-7-4-8-24(17-22)33-16-15-29-11-13-30(14-12-29)26(32)18-21-5-2-3-6-21/h4,7-8,17,21,23H,2-3,5-6,9-16,18-20H2,1H3,(H,27,31). The number of likely N-dealkylation sites (N-methyl/N-ethyl adjacent to an activating group) is 1. The number of nitrogens with zero attached hydrogens (tertiary/aromatic N) is 3. The fraction of sp³-hybridized carbons (Fsp3) is 0.692. The summed E-state index contributed by atoms with van der Waals surface area (Å²) in [5, 5.41) is 3.03. The van der Waals surface area contributed by atoms with Gasteiger partial charge in [0.1, 0.15) is 12.4 Å². The third-order valence-corrected chi connectivity index (χ3v) is 7.31. The SMILES string of the molecule is CN(Cc1cccc(OCCN2CCN(C(=O)CC3CCCC3)CC2)c1)CC1CCC(=O)N1. The fourth-order valence-corrected chi connectivity index (χ4v) is 5.40. The first-order valence-corrected chi connectivity index (χ1v) is 12.7. The van der Waals surface area contributed by atoms with Crippen LogP contribution < -0.4 is 10.1 Å². The highest BCUT2D eigenvalue weighted by Crippen LogP contribution is 2.28. The van der Waals surface area contributed by atoms with Crippen LogP contribution in [-0.2, 0) is 16.1 Å². The van der Waals surface area contributed by atoms with Crippen LogP contribution in [0.2, 0.25) is 0 Å². The highest BCUT2D eigenvalue weighted by atomic mass is 16.5. The highest BCUT2D eigenvalue weighted by Gasteiger charge is 2.25. The van der Waals surface area contributed by atoms with E-state index in [0.717, 1.165) is 64.4 Å². The second-order valence-electron chi connectivity index (χ2n) is 10.1. The van der Waals surface area contributed by atoms with Crippen molar-refractivity contribution in [1.82, 2.24) is 20.0 Å². The van der Waals surface area contributed by atoms with Gasteiger partial charge in [-0.1, -0.05) is 25.0 Å². The molecular formula is C26H40N4O3. The van der Waals surface area contributed by atoms with E-state index in [-0.39, 0.29) is 11.9 Å². The Kier molecular flexibility index (Phi) is 8.62. The summed E-state index contributed by atoms with van der Waals surface area (Å²) in [6, 6.07) is 8.56. The molecule has 0 radical (unpaired) electrons. The summed E-state index contributed by atoms with van der Waals surface area (Å²) in [7, 11) is 2.09. The van der Waals surface area contributed by atoms with E-state index in [1.165, 1.54) is 31.2 Å². The molecule has 33 heavy (non-hydrogen) atoms. The zero-order valence-corrected chi connectivity index (χ0v) is 20.1. The monoisotopic (exact) mass is 456 g/mol. The van der Waals surface area contributed by atoms with Crippen LogP contribution in [0.15, 0.2) is 24.3 Å². The highest BCUT2D eigenvalue weighted by molar-refractivity contribution is 5.78. The van der Waals surface area contributed by atoms with Crippen LogP contribution in [0.3, 0.4) is 0 Å². The maximum Gasteiger partial charge on any atom is 0.222 e. The lowest BCUT2D eigenvalue weighted by atomic mass is 10.0. The van der Waals surface area contributed by atoms with Crippen molar-refractivity contribution in [3.05, 3.63) is 29.8 Å². The number of benzene rings is 1. The van der Waals surface area contributed by atoms with Gasteiger partial charge in [0, 0.05) is 64.7 Å². The molecule has 1 aromatic rings. The van der Waals surface area contributed by atoms with E-state index < -0.39 is 0 Å². The molecule has 1 atom stereocenters. The third-order valence-electron chi connectivity index (χ3n) is 7.31. The number of hydrogen-bond acceptors (Lipinski definition) is 5. The molecular weight excluding hydrogens is 416 g/mol. The number of ether oxygens (including phenoxy) is 1. The molecule has 2 amide bonds. The van der Waals surface area contributed by atoms with Crippen LogP contribution in [0.25, 0.3) is 0 Å². The molecule has 4 rings (SSSR count). The van der Waals surface area contributed by atoms with E-state index in [2.05, 4.69) is 39.2 Å². The van der Waals surface area contributed by atoms with Gasteiger partial charge in [-0.05, 0) is 49.9 Å². The summed E-state index contributed by atoms with van der Waals surface area (Å²) >= 11 is 0. The van der Waals surface area contributed by atoms with Crippen LogP contribution in [0.1, 0.15) is 50.5 Å². The summed E-state index contributed by atoms with van der Waals surface area (Å²) in [6.07, 6.45) is 7.39. The number of nitrogens with one attached hydrogen (secondary N) is 1. The van der Waals surface area contributed by atoms with Gasteiger partial charge < -0.3 is 19.9 Å². The largest absolute Gasteiger partial charge is 0.492 e. The van der Waals surface area contributed by atoms with Gasteiger partial charge in [-0.2, -0.15) is 0 Å². The van der Waals surface area contributed by atoms with E-state index in [9.17, 15) is 9.59 Å². The van der Waals surface area contributed by atoms with Crippen molar-refractivity contribution in [2.24, 2.45) is 5.92 Å². The molecule has 7 nitrogen and oxygen atoms in total. The maximum absolute atomic E-state index is 12.5. The fourth-order valence-electron chi connectivity index (χ4n) is 5.40. The number of rotatable bonds is 10. The van der Waals surface area contributed by atoms with Crippen molar-refractivity contribution in [2.75, 3.05) is 52.9 Å². The second-order valence-corrected chi connectivity index (χ2v) is 10.1. The Morgan fingerprint density at radius 2 is 1.94 bits per heavy atom. The number of piperazine rings is 1. The average molecular weight is 457 g/mol. The molecule has 1 unspecified atom stereocenters. The van der Waals surface area contributed by atoms with Crippen LogP contribution in [0, 0.1) is 5.92 Å². The van der Waals surface area contributed by atoms with Crippen molar-refractivity contribution in [3.63, 3.8) is 0 Å². The molecule has 1 aliphatic carbocycles. The Bertz CT molecular complexity index is 787. The Morgan fingerprint density at radius 3 is 2.67 bits per heavy atom. The lowest BCUT2D eigenvalue weighted by Crippen LogP contribution is -2.49. The first-order valence-electron chi connectivity index (χ1n) is 12.7. The van der Waals surface area contributed by atoms with Crippen molar-refractivity contribution < 1.29 is 14.3 Å². The maximum atomic E-state index is 12.5. The molecule has 3 fully saturated rings. The van der Waals surface area contributed by atoms with Crippen molar-refractivity contribution in [3.8, 4) is 5.75 Å². The van der Waals surface area contributed by atoms with E-state index >= 15 is 0 Å². The van der Waals surface area contributed by atoms with E-state index in [1.54, 1.807) is 0 Å². The van der Waals surface area contributed by atoms with Gasteiger partial charge in [0.25, 0.3) is 0 Å². The molecule has 182 valence electrons. The Balaban J connectivity index is 1.13. The van der Waals surface area contributed by atoms with Crippen molar-refractivity contribution in [1.29, 1.82) is 0 Å². The summed E-state index contributed by atoms with van der Waals surface area (Å²) in [6.45, 7) is 6.79. The predicted molar refractivity (Wildman–Crippen MR) is 129 cm³/mol. The number of amides is 2. The van der Waals surface area contributed by atoms with Gasteiger partial charge in [0.2, 0.25) is 11.8 Å². The smallest absolute Gasteiger partial charge is 0.222 e. The minimum atomic E-state index is 0.167. The lowest BCUT2D eigenvalue weighted by Gasteiger charge is -2.35. The quantitative estimate of drug-likeness (QED) is 0.586. The Hall–Kier alpha value is -2.12. The molecule has 3 aliphatic rings. The van der Waals surface area contributed by atoms with Gasteiger partial charge in [-0.15, -0.1) is 0 Å². The molecule has 2 heterocycles. The predicted octanol–water partition coefficient (Wildman–Crippen LogP) is 2.50. The average Bonchev–Trinajstić information content (AvgIpc) is 3.46. The molecule has 0 bridgehead atoms. The molecule has 0 spiro atoms. The number of carbonyl (C=O) groups excluding carboxylic acids is 2. The number of carbonyl (C=O) groups is 2. The number of hydrogen-bond donors (Lipinski definition) is 1. The molecule has 7 heteroatoms. The zero-order valence-electron chi connectivity index (χ0n) is 20.1. The third kappa shape index (κ3) is 7.44. The molecule has 0 aromatic heterocycles. The van der Waals surface area contributed by atoms with Crippen LogP contribution in [-0.4, -0.2) is 85.5 Å². The molecule has 1 aromatic carbocycles. The summed E-state index contributed by atoms with van der Waals surface area (Å²) in [5.41, 5.74) is 1.22. The van der Waals surface area contributed by atoms with Crippen LogP contribution in [0.4, 0.5) is 0 Å². The van der Waals surface area contributed by atoms with Gasteiger partial charge in [-0.25, -0.2) is 0 Å². The summed E-state index contributed by atoms with van der Waals surface area (Å²) in [5.74, 6) is 2.05. The van der Waals surface area contributed by atoms with Crippen LogP contribution in [0.5, 0.6) is 5.75 Å². The van der Waals surface area contributed by atoms with Gasteiger partial charge in [0.05, 0.1) is 0 Å². The van der Waals surface area contributed by atoms with E-state index in [4.69, 9.17) is 4.74 Å². The molecule has 1 saturated carbocycles. The lowest BCUT2D eigenvalue weighted by molar-refractivity contribution is -0.134. The molecule has 1 N–H and O–H groups in total.